The zero-order chi connectivity index (χ0) is 25.2. The maximum absolute atomic E-state index is 12.4. The van der Waals surface area contributed by atoms with Gasteiger partial charge in [-0.3, -0.25) is 18.1 Å². The van der Waals surface area contributed by atoms with Crippen LogP contribution in [-0.2, 0) is 31.7 Å². The van der Waals surface area contributed by atoms with Crippen molar-refractivity contribution in [1.82, 2.24) is 5.06 Å². The van der Waals surface area contributed by atoms with E-state index >= 15 is 0 Å². The van der Waals surface area contributed by atoms with Crippen molar-refractivity contribution in [3.8, 4) is 0 Å². The molecule has 3 fully saturated rings. The summed E-state index contributed by atoms with van der Waals surface area (Å²) in [6, 6.07) is 0. The molecule has 1 heterocycles. The van der Waals surface area contributed by atoms with Gasteiger partial charge in [-0.25, -0.2) is 4.57 Å². The van der Waals surface area contributed by atoms with Gasteiger partial charge in [0, 0.05) is 32.4 Å². The molecule has 0 aromatic carbocycles. The summed E-state index contributed by atoms with van der Waals surface area (Å²) in [6.07, 6.45) is 6.16. The van der Waals surface area contributed by atoms with E-state index in [1.807, 2.05) is 0 Å². The number of nitrogens with zero attached hydrogens (tertiary/aromatic N) is 1. The molecule has 2 atom stereocenters. The molecule has 3 aliphatic rings. The van der Waals surface area contributed by atoms with E-state index in [1.54, 1.807) is 5.06 Å². The SMILES string of the molecule is COP(=O)(CO)OC1CCC2(CC1)CC(C(C)C)CC1(CCC(OP(=O)(OC)OC)CC1)N2O. The van der Waals surface area contributed by atoms with Crippen LogP contribution in [-0.4, -0.2) is 66.3 Å². The number of hydrogen-bond donors (Lipinski definition) is 2. The number of piperidine rings is 1. The third kappa shape index (κ3) is 5.99. The fourth-order valence-corrected chi connectivity index (χ4v) is 8.03. The Bertz CT molecular complexity index is 689. The Morgan fingerprint density at radius 1 is 0.853 bits per heavy atom. The molecule has 12 heteroatoms. The smallest absolute Gasteiger partial charge is 0.384 e. The molecule has 0 amide bonds. The highest BCUT2D eigenvalue weighted by atomic mass is 31.2. The summed E-state index contributed by atoms with van der Waals surface area (Å²) in [7, 11) is -3.12. The van der Waals surface area contributed by atoms with E-state index < -0.39 is 21.8 Å². The lowest BCUT2D eigenvalue weighted by Gasteiger charge is -2.61. The van der Waals surface area contributed by atoms with Crippen LogP contribution in [0.2, 0.25) is 0 Å². The second-order valence-electron chi connectivity index (χ2n) is 10.5. The van der Waals surface area contributed by atoms with Gasteiger partial charge in [-0.05, 0) is 76.0 Å². The van der Waals surface area contributed by atoms with Gasteiger partial charge in [-0.2, -0.15) is 5.06 Å². The van der Waals surface area contributed by atoms with Crippen molar-refractivity contribution in [2.24, 2.45) is 11.8 Å². The molecule has 2 aliphatic carbocycles. The van der Waals surface area contributed by atoms with Gasteiger partial charge in [0.05, 0.1) is 12.2 Å². The topological polar surface area (TPSA) is 124 Å². The molecule has 2 unspecified atom stereocenters. The highest BCUT2D eigenvalue weighted by molar-refractivity contribution is 7.53. The number of aliphatic hydroxyl groups excluding tert-OH is 1. The third-order valence-corrected chi connectivity index (χ3v) is 11.3. The van der Waals surface area contributed by atoms with Crippen LogP contribution >= 0.6 is 15.4 Å². The second-order valence-corrected chi connectivity index (χ2v) is 14.4. The van der Waals surface area contributed by atoms with Gasteiger partial charge >= 0.3 is 15.4 Å². The van der Waals surface area contributed by atoms with Gasteiger partial charge < -0.3 is 19.4 Å². The molecule has 2 spiro atoms. The lowest BCUT2D eigenvalue weighted by atomic mass is 9.61. The first-order valence-corrected chi connectivity index (χ1v) is 15.5. The van der Waals surface area contributed by atoms with E-state index in [9.17, 15) is 19.4 Å². The average molecular weight is 528 g/mol. The molecule has 34 heavy (non-hydrogen) atoms. The molecule has 0 aromatic rings. The van der Waals surface area contributed by atoms with Gasteiger partial charge in [0.15, 0.2) is 0 Å². The van der Waals surface area contributed by atoms with Crippen LogP contribution in [0.3, 0.4) is 0 Å². The van der Waals surface area contributed by atoms with Crippen LogP contribution in [0, 0.1) is 11.8 Å². The lowest BCUT2D eigenvalue weighted by molar-refractivity contribution is -0.293. The molecule has 2 N–H and O–H groups in total. The van der Waals surface area contributed by atoms with Crippen LogP contribution in [0.15, 0.2) is 0 Å². The van der Waals surface area contributed by atoms with Gasteiger partial charge in [0.25, 0.3) is 0 Å². The summed E-state index contributed by atoms with van der Waals surface area (Å²) in [5.74, 6) is 0.945. The van der Waals surface area contributed by atoms with E-state index in [2.05, 4.69) is 13.8 Å². The first-order chi connectivity index (χ1) is 16.0. The minimum Gasteiger partial charge on any atom is -0.384 e. The Hall–Kier alpha value is 0.140. The van der Waals surface area contributed by atoms with Crippen LogP contribution in [0.5, 0.6) is 0 Å². The Morgan fingerprint density at radius 3 is 1.65 bits per heavy atom. The normalized spacial score (nSPS) is 37.4. The van der Waals surface area contributed by atoms with E-state index in [0.717, 1.165) is 38.5 Å². The van der Waals surface area contributed by atoms with Gasteiger partial charge in [0.1, 0.15) is 6.35 Å². The number of rotatable bonds is 9. The first kappa shape index (κ1) is 28.7. The predicted molar refractivity (Wildman–Crippen MR) is 127 cm³/mol. The fourth-order valence-electron chi connectivity index (χ4n) is 6.20. The number of phosphoric ester groups is 1. The Kier molecular flexibility index (Phi) is 9.51. The van der Waals surface area contributed by atoms with Crippen LogP contribution in [0.25, 0.3) is 0 Å². The molecule has 1 saturated heterocycles. The predicted octanol–water partition coefficient (Wildman–Crippen LogP) is 5.33. The first-order valence-electron chi connectivity index (χ1n) is 12.3. The molecule has 0 radical (unpaired) electrons. The van der Waals surface area contributed by atoms with Crippen molar-refractivity contribution in [2.75, 3.05) is 27.7 Å². The maximum Gasteiger partial charge on any atom is 0.474 e. The molecule has 2 saturated carbocycles. The molecule has 10 nitrogen and oxygen atoms in total. The zero-order valence-electron chi connectivity index (χ0n) is 21.2. The Morgan fingerprint density at radius 2 is 1.29 bits per heavy atom. The van der Waals surface area contributed by atoms with Crippen molar-refractivity contribution < 1.29 is 42.1 Å². The number of phosphoric acid groups is 1. The minimum absolute atomic E-state index is 0.244. The zero-order valence-corrected chi connectivity index (χ0v) is 23.0. The molecule has 1 aliphatic heterocycles. The number of aliphatic hydroxyl groups is 1. The highest BCUT2D eigenvalue weighted by Gasteiger charge is 2.56. The standard InChI is InChI=1S/C22H43NO9P2/c1-17(2)18-14-21(10-6-19(7-11-21)31-33(26,16-24)28-3)23(25)22(15-18)12-8-20(9-13-22)32-34(27,29-4)30-5/h17-20,24-25H,6-16H2,1-5H3. The Balaban J connectivity index is 1.72. The number of hydrogen-bond acceptors (Lipinski definition) is 10. The van der Waals surface area contributed by atoms with Crippen molar-refractivity contribution in [1.29, 1.82) is 0 Å². The number of hydroxylamine groups is 2. The average Bonchev–Trinajstić information content (AvgIpc) is 2.85. The van der Waals surface area contributed by atoms with Crippen LogP contribution in [0.1, 0.15) is 78.1 Å². The molecule has 0 bridgehead atoms. The van der Waals surface area contributed by atoms with Gasteiger partial charge in [0.2, 0.25) is 0 Å². The molecular weight excluding hydrogens is 484 g/mol. The van der Waals surface area contributed by atoms with E-state index in [4.69, 9.17) is 22.6 Å². The van der Waals surface area contributed by atoms with Crippen molar-refractivity contribution >= 4 is 15.4 Å². The molecule has 0 aromatic heterocycles. The summed E-state index contributed by atoms with van der Waals surface area (Å²) in [4.78, 5) is 0. The van der Waals surface area contributed by atoms with E-state index in [0.29, 0.717) is 37.5 Å². The Labute approximate surface area is 203 Å². The van der Waals surface area contributed by atoms with Crippen molar-refractivity contribution in [3.63, 3.8) is 0 Å². The van der Waals surface area contributed by atoms with Crippen molar-refractivity contribution in [3.05, 3.63) is 0 Å². The fraction of sp³-hybridized carbons (Fsp3) is 1.00. The highest BCUT2D eigenvalue weighted by Crippen LogP contribution is 2.57. The summed E-state index contributed by atoms with van der Waals surface area (Å²) in [5, 5.41) is 22.7. The summed E-state index contributed by atoms with van der Waals surface area (Å²) >= 11 is 0. The molecule has 3 rings (SSSR count). The van der Waals surface area contributed by atoms with Gasteiger partial charge in [-0.1, -0.05) is 13.8 Å². The summed E-state index contributed by atoms with van der Waals surface area (Å²) < 4.78 is 51.0. The van der Waals surface area contributed by atoms with E-state index in [-0.39, 0.29) is 23.3 Å². The summed E-state index contributed by atoms with van der Waals surface area (Å²) in [6.45, 7) is 4.48. The summed E-state index contributed by atoms with van der Waals surface area (Å²) in [5.41, 5.74) is -0.733. The van der Waals surface area contributed by atoms with Crippen molar-refractivity contribution in [2.45, 2.75) is 101 Å². The molecule has 200 valence electrons. The third-order valence-electron chi connectivity index (χ3n) is 8.34. The van der Waals surface area contributed by atoms with Crippen LogP contribution < -0.4 is 0 Å². The lowest BCUT2D eigenvalue weighted by Crippen LogP contribution is -2.66. The maximum atomic E-state index is 12.4. The monoisotopic (exact) mass is 527 g/mol. The largest absolute Gasteiger partial charge is 0.474 e. The van der Waals surface area contributed by atoms with Gasteiger partial charge in [-0.15, -0.1) is 0 Å². The molecular formula is C22H43NO9P2. The second kappa shape index (κ2) is 11.3. The minimum atomic E-state index is -3.55. The van der Waals surface area contributed by atoms with Crippen LogP contribution in [0.4, 0.5) is 0 Å². The van der Waals surface area contributed by atoms with E-state index in [1.165, 1.54) is 21.3 Å². The quantitative estimate of drug-likeness (QED) is 0.380.